The monoisotopic (exact) mass is 205 g/mol. The van der Waals surface area contributed by atoms with Gasteiger partial charge in [-0.05, 0) is 12.8 Å². The number of quaternary nitrogens is 1. The van der Waals surface area contributed by atoms with Crippen molar-refractivity contribution >= 4 is 0 Å². The van der Waals surface area contributed by atoms with Crippen LogP contribution in [-0.4, -0.2) is 20.6 Å². The van der Waals surface area contributed by atoms with E-state index >= 15 is 0 Å². The molecule has 1 N–H and O–H groups in total. The fourth-order valence-corrected chi connectivity index (χ4v) is 1.61. The minimum Gasteiger partial charge on any atom is -1.00 e. The average molecular weight is 205 g/mol. The van der Waals surface area contributed by atoms with Crippen molar-refractivity contribution in [1.82, 2.24) is 0 Å². The summed E-state index contributed by atoms with van der Waals surface area (Å²) in [7, 11) is 4.47. The molecular weight excluding hydrogens is 177 g/mol. The van der Waals surface area contributed by atoms with Gasteiger partial charge < -0.3 is 9.60 Å². The molecule has 0 aliphatic carbocycles. The van der Waals surface area contributed by atoms with Crippen LogP contribution in [0.25, 0.3) is 0 Å². The van der Waals surface area contributed by atoms with Gasteiger partial charge in [0.2, 0.25) is 0 Å². The van der Waals surface area contributed by atoms with Crippen LogP contribution in [0.3, 0.4) is 0 Å². The highest BCUT2D eigenvalue weighted by Gasteiger charge is 1.94. The molecule has 88 valence electrons. The third-order valence-electron chi connectivity index (χ3n) is 2.53. The first kappa shape index (κ1) is 16.3. The van der Waals surface area contributed by atoms with Crippen LogP contribution in [0, 0.1) is 0 Å². The summed E-state index contributed by atoms with van der Waals surface area (Å²) in [6.45, 7) is 3.62. The van der Waals surface area contributed by atoms with Crippen molar-refractivity contribution in [3.63, 3.8) is 0 Å². The van der Waals surface area contributed by atoms with Crippen molar-refractivity contribution in [2.75, 3.05) is 20.6 Å². The minimum atomic E-state index is 0. The van der Waals surface area contributed by atoms with Gasteiger partial charge >= 0.3 is 0 Å². The quantitative estimate of drug-likeness (QED) is 0.474. The molecule has 0 radical (unpaired) electrons. The molecule has 0 fully saturated rings. The van der Waals surface area contributed by atoms with Crippen LogP contribution in [-0.2, 0) is 0 Å². The first-order chi connectivity index (χ1) is 6.27. The molecule has 0 unspecified atom stereocenters. The fourth-order valence-electron chi connectivity index (χ4n) is 1.61. The molecule has 0 aliphatic heterocycles. The normalized spacial score (nSPS) is 10.3. The highest BCUT2D eigenvalue weighted by molar-refractivity contribution is 4.44. The van der Waals surface area contributed by atoms with Crippen molar-refractivity contribution in [3.05, 3.63) is 0 Å². The first-order valence-corrected chi connectivity index (χ1v) is 6.06. The van der Waals surface area contributed by atoms with Gasteiger partial charge in [-0.2, -0.15) is 0 Å². The lowest BCUT2D eigenvalue weighted by molar-refractivity contribution is -0.858. The van der Waals surface area contributed by atoms with Crippen LogP contribution in [0.1, 0.15) is 58.3 Å². The summed E-state index contributed by atoms with van der Waals surface area (Å²) in [4.78, 5) is 1.59. The van der Waals surface area contributed by atoms with Crippen molar-refractivity contribution in [2.24, 2.45) is 0 Å². The fraction of sp³-hybridized carbons (Fsp3) is 1.00. The summed E-state index contributed by atoms with van der Waals surface area (Å²) in [6.07, 6.45) is 11.5. The smallest absolute Gasteiger partial charge is 0.0766 e. The molecule has 0 aliphatic rings. The second-order valence-corrected chi connectivity index (χ2v) is 4.43. The van der Waals surface area contributed by atoms with Gasteiger partial charge in [0.05, 0.1) is 20.6 Å². The van der Waals surface area contributed by atoms with Gasteiger partial charge in [0.25, 0.3) is 0 Å². The Balaban J connectivity index is 0. The lowest BCUT2D eigenvalue weighted by Gasteiger charge is -2.06. The third kappa shape index (κ3) is 14.4. The number of hydrogen-bond acceptors (Lipinski definition) is 0. The van der Waals surface area contributed by atoms with Gasteiger partial charge in [0.15, 0.2) is 0 Å². The Bertz CT molecular complexity index is 94.3. The molecule has 0 rings (SSSR count). The van der Waals surface area contributed by atoms with Crippen molar-refractivity contribution in [2.45, 2.75) is 58.3 Å². The maximum atomic E-state index is 2.28. The van der Waals surface area contributed by atoms with E-state index in [2.05, 4.69) is 21.0 Å². The van der Waals surface area contributed by atoms with Crippen LogP contribution >= 0.6 is 0 Å². The van der Waals surface area contributed by atoms with Crippen molar-refractivity contribution < 1.29 is 9.60 Å². The zero-order valence-electron chi connectivity index (χ0n) is 10.2. The Morgan fingerprint density at radius 3 is 1.57 bits per heavy atom. The molecule has 0 aromatic heterocycles. The van der Waals surface area contributed by atoms with E-state index < -0.39 is 0 Å². The lowest BCUT2D eigenvalue weighted by Crippen LogP contribution is -3.05. The molecule has 1 nitrogen and oxygen atoms in total. The van der Waals surface area contributed by atoms with Gasteiger partial charge in [-0.1, -0.05) is 45.4 Å². The maximum absolute atomic E-state index is 2.28. The van der Waals surface area contributed by atoms with E-state index in [0.29, 0.717) is 0 Å². The summed E-state index contributed by atoms with van der Waals surface area (Å²) < 4.78 is 0. The highest BCUT2D eigenvalue weighted by atomic mass is 19.0. The molecule has 0 amide bonds. The second-order valence-electron chi connectivity index (χ2n) is 4.43. The molecule has 0 aromatic rings. The maximum Gasteiger partial charge on any atom is 0.0766 e. The van der Waals surface area contributed by atoms with Crippen LogP contribution < -0.4 is 9.60 Å². The van der Waals surface area contributed by atoms with E-state index in [1.54, 1.807) is 4.90 Å². The zero-order chi connectivity index (χ0) is 9.94. The van der Waals surface area contributed by atoms with E-state index in [0.717, 1.165) is 0 Å². The van der Waals surface area contributed by atoms with Crippen LogP contribution in [0.2, 0.25) is 0 Å². The molecule has 0 saturated carbocycles. The van der Waals surface area contributed by atoms with Crippen LogP contribution in [0.4, 0.5) is 0 Å². The Morgan fingerprint density at radius 2 is 1.14 bits per heavy atom. The number of nitrogens with one attached hydrogen (secondary N) is 1. The molecule has 0 aromatic carbocycles. The first-order valence-electron chi connectivity index (χ1n) is 6.06. The lowest BCUT2D eigenvalue weighted by atomic mass is 10.1. The van der Waals surface area contributed by atoms with E-state index in [4.69, 9.17) is 0 Å². The predicted octanol–water partition coefficient (Wildman–Crippen LogP) is -0.724. The summed E-state index contributed by atoms with van der Waals surface area (Å²) in [5.74, 6) is 0. The number of unbranched alkanes of at least 4 members (excludes halogenated alkanes) is 7. The van der Waals surface area contributed by atoms with Gasteiger partial charge in [0, 0.05) is 0 Å². The topological polar surface area (TPSA) is 4.44 Å². The van der Waals surface area contributed by atoms with E-state index in [1.807, 2.05) is 0 Å². The van der Waals surface area contributed by atoms with Gasteiger partial charge in [-0.25, -0.2) is 0 Å². The number of halogens is 1. The molecular formula is C12H28FN. The molecule has 0 spiro atoms. The van der Waals surface area contributed by atoms with E-state index in [9.17, 15) is 0 Å². The molecule has 0 heterocycles. The number of rotatable bonds is 9. The van der Waals surface area contributed by atoms with Crippen LogP contribution in [0.5, 0.6) is 0 Å². The molecule has 2 heteroatoms. The Labute approximate surface area is 89.2 Å². The van der Waals surface area contributed by atoms with Crippen LogP contribution in [0.15, 0.2) is 0 Å². The molecule has 0 bridgehead atoms. The summed E-state index contributed by atoms with van der Waals surface area (Å²) in [5.41, 5.74) is 0. The standard InChI is InChI=1S/C12H27N.FH/c1-4-5-6-7-8-9-10-11-12-13(2)3;/h4-12H2,1-3H3;1H. The Morgan fingerprint density at radius 1 is 0.714 bits per heavy atom. The zero-order valence-corrected chi connectivity index (χ0v) is 10.2. The molecule has 0 saturated heterocycles. The van der Waals surface area contributed by atoms with E-state index in [1.165, 1.54) is 57.9 Å². The third-order valence-corrected chi connectivity index (χ3v) is 2.53. The second kappa shape index (κ2) is 12.9. The highest BCUT2D eigenvalue weighted by Crippen LogP contribution is 2.07. The summed E-state index contributed by atoms with van der Waals surface area (Å²) in [5, 5.41) is 0. The Hall–Kier alpha value is -0.110. The Kier molecular flexibility index (Phi) is 15.0. The van der Waals surface area contributed by atoms with Crippen molar-refractivity contribution in [1.29, 1.82) is 0 Å². The SMILES string of the molecule is CCCCCCCCCC[NH+](C)C.[F-]. The minimum absolute atomic E-state index is 0. The molecule has 14 heavy (non-hydrogen) atoms. The van der Waals surface area contributed by atoms with E-state index in [-0.39, 0.29) is 4.70 Å². The van der Waals surface area contributed by atoms with Gasteiger partial charge in [-0.3, -0.25) is 0 Å². The summed E-state index contributed by atoms with van der Waals surface area (Å²) in [6, 6.07) is 0. The average Bonchev–Trinajstić information content (AvgIpc) is 2.09. The molecule has 0 atom stereocenters. The van der Waals surface area contributed by atoms with Gasteiger partial charge in [-0.15, -0.1) is 0 Å². The predicted molar refractivity (Wildman–Crippen MR) is 60.3 cm³/mol. The van der Waals surface area contributed by atoms with Gasteiger partial charge in [0.1, 0.15) is 0 Å². The number of hydrogen-bond donors (Lipinski definition) is 1. The van der Waals surface area contributed by atoms with Crippen molar-refractivity contribution in [3.8, 4) is 0 Å². The summed E-state index contributed by atoms with van der Waals surface area (Å²) >= 11 is 0. The largest absolute Gasteiger partial charge is 1.00 e.